The minimum Gasteiger partial charge on any atom is -0.207 e. The third-order valence-corrected chi connectivity index (χ3v) is 4.23. The van der Waals surface area contributed by atoms with Crippen molar-refractivity contribution in [2.24, 2.45) is 0 Å². The molecule has 0 N–H and O–H groups in total. The monoisotopic (exact) mass is 216 g/mol. The Morgan fingerprint density at radius 2 is 2.07 bits per heavy atom. The third kappa shape index (κ3) is 1.58. The molecular weight excluding hydrogens is 202 g/mol. The van der Waals surface area contributed by atoms with Gasteiger partial charge in [-0.05, 0) is 30.9 Å². The Balaban J connectivity index is 2.44. The zero-order valence-electron chi connectivity index (χ0n) is 8.49. The second kappa shape index (κ2) is 3.30. The molecule has 0 nitrogen and oxygen atoms in total. The summed E-state index contributed by atoms with van der Waals surface area (Å²) in [6, 6.07) is 0. The first kappa shape index (κ1) is 10.1. The highest BCUT2D eigenvalue weighted by Crippen LogP contribution is 2.40. The number of halogens is 2. The smallest absolute Gasteiger partial charge is 0.207 e. The zero-order chi connectivity index (χ0) is 10.3. The van der Waals surface area contributed by atoms with E-state index in [1.807, 2.05) is 13.8 Å². The minimum atomic E-state index is -2.47. The summed E-state index contributed by atoms with van der Waals surface area (Å²) in [5.74, 6) is -2.47. The first-order valence-electron chi connectivity index (χ1n) is 5.01. The summed E-state index contributed by atoms with van der Waals surface area (Å²) in [7, 11) is 0. The standard InChI is InChI=1S/C11H14F2S/c1-3-10-9-6-11(12,13)5-4-8(9)7(2)14-10/h3-6H2,1-2H3. The van der Waals surface area contributed by atoms with Crippen LogP contribution in [0.15, 0.2) is 0 Å². The van der Waals surface area contributed by atoms with Gasteiger partial charge >= 0.3 is 0 Å². The van der Waals surface area contributed by atoms with Crippen molar-refractivity contribution in [3.8, 4) is 0 Å². The van der Waals surface area contributed by atoms with Crippen molar-refractivity contribution in [1.82, 2.24) is 0 Å². The number of hydrogen-bond donors (Lipinski definition) is 0. The van der Waals surface area contributed by atoms with Crippen LogP contribution in [0.5, 0.6) is 0 Å². The summed E-state index contributed by atoms with van der Waals surface area (Å²) in [6.07, 6.45) is 1.44. The summed E-state index contributed by atoms with van der Waals surface area (Å²) in [5, 5.41) is 0. The average Bonchev–Trinajstić information content (AvgIpc) is 2.40. The molecule has 0 aromatic carbocycles. The normalized spacial score (nSPS) is 19.4. The Morgan fingerprint density at radius 1 is 1.36 bits per heavy atom. The van der Waals surface area contributed by atoms with E-state index in [4.69, 9.17) is 0 Å². The van der Waals surface area contributed by atoms with Gasteiger partial charge in [0, 0.05) is 22.6 Å². The summed E-state index contributed by atoms with van der Waals surface area (Å²) in [5.41, 5.74) is 2.16. The first-order valence-corrected chi connectivity index (χ1v) is 5.83. The number of thiophene rings is 1. The van der Waals surface area contributed by atoms with E-state index in [1.165, 1.54) is 10.4 Å². The maximum Gasteiger partial charge on any atom is 0.252 e. The van der Waals surface area contributed by atoms with E-state index < -0.39 is 5.92 Å². The molecule has 0 aliphatic heterocycles. The van der Waals surface area contributed by atoms with Crippen LogP contribution in [-0.2, 0) is 19.3 Å². The fraction of sp³-hybridized carbons (Fsp3) is 0.636. The molecule has 0 radical (unpaired) electrons. The molecule has 1 aromatic heterocycles. The summed E-state index contributed by atoms with van der Waals surface area (Å²) in [6.45, 7) is 4.09. The quantitative estimate of drug-likeness (QED) is 0.670. The van der Waals surface area contributed by atoms with Crippen LogP contribution in [0.25, 0.3) is 0 Å². The first-order chi connectivity index (χ1) is 6.53. The van der Waals surface area contributed by atoms with Crippen LogP contribution in [0.1, 0.15) is 34.2 Å². The molecule has 0 atom stereocenters. The van der Waals surface area contributed by atoms with Gasteiger partial charge in [-0.25, -0.2) is 8.78 Å². The topological polar surface area (TPSA) is 0 Å². The Hall–Kier alpha value is -0.440. The number of rotatable bonds is 1. The Kier molecular flexibility index (Phi) is 2.38. The number of hydrogen-bond acceptors (Lipinski definition) is 1. The van der Waals surface area contributed by atoms with E-state index in [9.17, 15) is 8.78 Å². The maximum atomic E-state index is 13.2. The zero-order valence-corrected chi connectivity index (χ0v) is 9.31. The van der Waals surface area contributed by atoms with Gasteiger partial charge in [-0.3, -0.25) is 0 Å². The van der Waals surface area contributed by atoms with Crippen molar-refractivity contribution in [1.29, 1.82) is 0 Å². The van der Waals surface area contributed by atoms with Crippen molar-refractivity contribution >= 4 is 11.3 Å². The van der Waals surface area contributed by atoms with E-state index in [1.54, 1.807) is 11.3 Å². The van der Waals surface area contributed by atoms with Gasteiger partial charge < -0.3 is 0 Å². The van der Waals surface area contributed by atoms with Gasteiger partial charge in [0.05, 0.1) is 0 Å². The van der Waals surface area contributed by atoms with Crippen LogP contribution in [0, 0.1) is 6.92 Å². The highest BCUT2D eigenvalue weighted by molar-refractivity contribution is 7.12. The molecule has 0 spiro atoms. The lowest BCUT2D eigenvalue weighted by atomic mass is 9.89. The van der Waals surface area contributed by atoms with Gasteiger partial charge in [0.2, 0.25) is 0 Å². The second-order valence-electron chi connectivity index (χ2n) is 3.92. The van der Waals surface area contributed by atoms with Crippen molar-refractivity contribution in [2.45, 2.75) is 45.5 Å². The third-order valence-electron chi connectivity index (χ3n) is 2.90. The molecule has 2 rings (SSSR count). The lowest BCUT2D eigenvalue weighted by molar-refractivity contribution is -0.0122. The molecule has 0 saturated carbocycles. The molecule has 0 bridgehead atoms. The van der Waals surface area contributed by atoms with Gasteiger partial charge in [0.15, 0.2) is 0 Å². The number of alkyl halides is 2. The molecule has 3 heteroatoms. The summed E-state index contributed by atoms with van der Waals surface area (Å²) >= 11 is 1.70. The molecule has 1 aromatic rings. The van der Waals surface area contributed by atoms with Crippen molar-refractivity contribution in [2.75, 3.05) is 0 Å². The van der Waals surface area contributed by atoms with E-state index in [-0.39, 0.29) is 12.8 Å². The molecule has 0 fully saturated rings. The largest absolute Gasteiger partial charge is 0.252 e. The molecule has 78 valence electrons. The molecule has 1 heterocycles. The van der Waals surface area contributed by atoms with Crippen molar-refractivity contribution in [3.05, 3.63) is 20.9 Å². The van der Waals surface area contributed by atoms with E-state index in [2.05, 4.69) is 0 Å². The molecule has 1 aliphatic rings. The van der Waals surface area contributed by atoms with Crippen LogP contribution in [0.4, 0.5) is 8.78 Å². The van der Waals surface area contributed by atoms with Crippen LogP contribution >= 0.6 is 11.3 Å². The number of fused-ring (bicyclic) bond motifs is 1. The van der Waals surface area contributed by atoms with Crippen LogP contribution in [-0.4, -0.2) is 5.92 Å². The van der Waals surface area contributed by atoms with E-state index in [0.717, 1.165) is 16.9 Å². The van der Waals surface area contributed by atoms with E-state index in [0.29, 0.717) is 6.42 Å². The number of aryl methyl sites for hydroxylation is 2. The molecular formula is C11H14F2S. The predicted molar refractivity (Wildman–Crippen MR) is 55.4 cm³/mol. The molecule has 14 heavy (non-hydrogen) atoms. The van der Waals surface area contributed by atoms with Crippen molar-refractivity contribution in [3.63, 3.8) is 0 Å². The fourth-order valence-corrected chi connectivity index (χ4v) is 3.34. The van der Waals surface area contributed by atoms with E-state index >= 15 is 0 Å². The maximum absolute atomic E-state index is 13.2. The lowest BCUT2D eigenvalue weighted by Crippen LogP contribution is -2.25. The lowest BCUT2D eigenvalue weighted by Gasteiger charge is -2.23. The summed E-state index contributed by atoms with van der Waals surface area (Å²) in [4.78, 5) is 2.41. The predicted octanol–water partition coefficient (Wildman–Crippen LogP) is 3.74. The summed E-state index contributed by atoms with van der Waals surface area (Å²) < 4.78 is 26.4. The fourth-order valence-electron chi connectivity index (χ4n) is 2.16. The van der Waals surface area contributed by atoms with Gasteiger partial charge in [0.1, 0.15) is 0 Å². The highest BCUT2D eigenvalue weighted by Gasteiger charge is 2.36. The van der Waals surface area contributed by atoms with Crippen molar-refractivity contribution < 1.29 is 8.78 Å². The minimum absolute atomic E-state index is 0.0285. The average molecular weight is 216 g/mol. The van der Waals surface area contributed by atoms with Crippen LogP contribution in [0.3, 0.4) is 0 Å². The van der Waals surface area contributed by atoms with Crippen LogP contribution < -0.4 is 0 Å². The Labute approximate surface area is 87.0 Å². The van der Waals surface area contributed by atoms with Gasteiger partial charge in [0.25, 0.3) is 5.92 Å². The van der Waals surface area contributed by atoms with Gasteiger partial charge in [-0.1, -0.05) is 6.92 Å². The molecule has 0 saturated heterocycles. The Morgan fingerprint density at radius 3 is 2.71 bits per heavy atom. The molecule has 0 unspecified atom stereocenters. The van der Waals surface area contributed by atoms with Gasteiger partial charge in [-0.2, -0.15) is 0 Å². The van der Waals surface area contributed by atoms with Crippen LogP contribution in [0.2, 0.25) is 0 Å². The molecule has 1 aliphatic carbocycles. The highest BCUT2D eigenvalue weighted by atomic mass is 32.1. The SMILES string of the molecule is CCc1sc(C)c2c1CC(F)(F)CC2. The van der Waals surface area contributed by atoms with Gasteiger partial charge in [-0.15, -0.1) is 11.3 Å². The Bertz CT molecular complexity index is 352. The molecule has 0 amide bonds. The second-order valence-corrected chi connectivity index (χ2v) is 5.23.